The molecule has 1 aromatic heterocycles. The Kier molecular flexibility index (Phi) is 4.71. The van der Waals surface area contributed by atoms with E-state index in [9.17, 15) is 9.59 Å². The number of methoxy groups -OCH3 is 1. The Labute approximate surface area is 118 Å². The van der Waals surface area contributed by atoms with Gasteiger partial charge in [-0.3, -0.25) is 14.6 Å². The van der Waals surface area contributed by atoms with E-state index in [0.29, 0.717) is 12.2 Å². The minimum absolute atomic E-state index is 0.0786. The molecule has 1 atom stereocenters. The van der Waals surface area contributed by atoms with E-state index in [2.05, 4.69) is 4.98 Å². The lowest BCUT2D eigenvalue weighted by Crippen LogP contribution is -2.45. The normalized spacial score (nSPS) is 18.7. The molecular weight excluding hydrogens is 256 g/mol. The molecule has 2 heterocycles. The predicted molar refractivity (Wildman–Crippen MR) is 74.3 cm³/mol. The summed E-state index contributed by atoms with van der Waals surface area (Å²) in [5, 5.41) is 0. The summed E-state index contributed by atoms with van der Waals surface area (Å²) in [5.74, 6) is -0.357. The fourth-order valence-electron chi connectivity index (χ4n) is 2.60. The number of esters is 1. The molecule has 20 heavy (non-hydrogen) atoms. The van der Waals surface area contributed by atoms with E-state index in [0.717, 1.165) is 24.8 Å². The Balaban J connectivity index is 2.17. The van der Waals surface area contributed by atoms with Crippen LogP contribution in [0.25, 0.3) is 0 Å². The molecule has 2 rings (SSSR count). The van der Waals surface area contributed by atoms with Crippen molar-refractivity contribution >= 4 is 11.9 Å². The van der Waals surface area contributed by atoms with Crippen LogP contribution in [0.5, 0.6) is 0 Å². The smallest absolute Gasteiger partial charge is 0.307 e. The predicted octanol–water partition coefficient (Wildman–Crippen LogP) is 1.95. The van der Waals surface area contributed by atoms with Crippen LogP contribution in [0, 0.1) is 6.92 Å². The fourth-order valence-corrected chi connectivity index (χ4v) is 2.60. The molecule has 0 aliphatic carbocycles. The molecule has 5 heteroatoms. The number of likely N-dealkylation sites (tertiary alicyclic amines) is 1. The zero-order valence-electron chi connectivity index (χ0n) is 12.0. The van der Waals surface area contributed by atoms with Crippen molar-refractivity contribution in [3.05, 3.63) is 29.6 Å². The summed E-state index contributed by atoms with van der Waals surface area (Å²) in [7, 11) is 1.38. The lowest BCUT2D eigenvalue weighted by molar-refractivity contribution is -0.142. The number of carbonyl (C=O) groups is 2. The van der Waals surface area contributed by atoms with E-state index in [1.54, 1.807) is 11.1 Å². The Bertz CT molecular complexity index is 502. The highest BCUT2D eigenvalue weighted by Crippen LogP contribution is 2.22. The third-order valence-corrected chi connectivity index (χ3v) is 3.73. The van der Waals surface area contributed by atoms with Gasteiger partial charge in [0.25, 0.3) is 5.91 Å². The second kappa shape index (κ2) is 6.50. The molecule has 1 saturated heterocycles. The molecule has 5 nitrogen and oxygen atoms in total. The molecule has 1 aliphatic heterocycles. The van der Waals surface area contributed by atoms with Gasteiger partial charge in [0.15, 0.2) is 0 Å². The second-order valence-electron chi connectivity index (χ2n) is 5.10. The zero-order chi connectivity index (χ0) is 14.5. The highest BCUT2D eigenvalue weighted by Gasteiger charge is 2.30. The van der Waals surface area contributed by atoms with Crippen LogP contribution in [0.3, 0.4) is 0 Å². The Morgan fingerprint density at radius 3 is 2.95 bits per heavy atom. The first-order valence-electron chi connectivity index (χ1n) is 6.93. The first kappa shape index (κ1) is 14.5. The molecule has 0 N–H and O–H groups in total. The summed E-state index contributed by atoms with van der Waals surface area (Å²) in [4.78, 5) is 30.0. The third kappa shape index (κ3) is 3.15. The number of hydrogen-bond donors (Lipinski definition) is 0. The number of aromatic nitrogens is 1. The van der Waals surface area contributed by atoms with E-state index >= 15 is 0 Å². The maximum absolute atomic E-state index is 12.6. The maximum atomic E-state index is 12.6. The first-order chi connectivity index (χ1) is 9.63. The number of pyridine rings is 1. The van der Waals surface area contributed by atoms with E-state index in [1.165, 1.54) is 7.11 Å². The Morgan fingerprint density at radius 2 is 2.25 bits per heavy atom. The maximum Gasteiger partial charge on any atom is 0.307 e. The number of carbonyl (C=O) groups excluding carboxylic acids is 2. The first-order valence-corrected chi connectivity index (χ1v) is 6.93. The molecule has 1 unspecified atom stereocenters. The molecule has 1 fully saturated rings. The van der Waals surface area contributed by atoms with Crippen molar-refractivity contribution in [2.45, 2.75) is 38.6 Å². The van der Waals surface area contributed by atoms with Crippen LogP contribution in [0.15, 0.2) is 18.3 Å². The van der Waals surface area contributed by atoms with E-state index < -0.39 is 0 Å². The number of piperidine rings is 1. The molecule has 1 aromatic rings. The van der Waals surface area contributed by atoms with Gasteiger partial charge in [0.1, 0.15) is 5.69 Å². The summed E-state index contributed by atoms with van der Waals surface area (Å²) >= 11 is 0. The lowest BCUT2D eigenvalue weighted by Gasteiger charge is -2.35. The number of nitrogens with zero attached hydrogens (tertiary/aromatic N) is 2. The van der Waals surface area contributed by atoms with E-state index in [-0.39, 0.29) is 24.3 Å². The monoisotopic (exact) mass is 276 g/mol. The van der Waals surface area contributed by atoms with Crippen LogP contribution in [0.1, 0.15) is 41.7 Å². The number of amides is 1. The summed E-state index contributed by atoms with van der Waals surface area (Å²) in [5.41, 5.74) is 1.34. The average Bonchev–Trinajstić information content (AvgIpc) is 2.47. The highest BCUT2D eigenvalue weighted by atomic mass is 16.5. The van der Waals surface area contributed by atoms with Gasteiger partial charge in [0, 0.05) is 18.8 Å². The molecule has 0 bridgehead atoms. The summed E-state index contributed by atoms with van der Waals surface area (Å²) < 4.78 is 4.72. The topological polar surface area (TPSA) is 59.5 Å². The molecule has 108 valence electrons. The van der Waals surface area contributed by atoms with Crippen LogP contribution in [-0.4, -0.2) is 41.5 Å². The van der Waals surface area contributed by atoms with Crippen molar-refractivity contribution in [3.63, 3.8) is 0 Å². The summed E-state index contributed by atoms with van der Waals surface area (Å²) in [6, 6.07) is 3.61. The van der Waals surface area contributed by atoms with E-state index in [1.807, 2.05) is 19.1 Å². The van der Waals surface area contributed by atoms with Crippen LogP contribution >= 0.6 is 0 Å². The van der Waals surface area contributed by atoms with Gasteiger partial charge in [-0.15, -0.1) is 0 Å². The molecule has 0 spiro atoms. The Morgan fingerprint density at radius 1 is 1.45 bits per heavy atom. The van der Waals surface area contributed by atoms with Crippen LogP contribution in [0.4, 0.5) is 0 Å². The van der Waals surface area contributed by atoms with Gasteiger partial charge < -0.3 is 9.64 Å². The molecular formula is C15H20N2O3. The van der Waals surface area contributed by atoms with Crippen LogP contribution in [-0.2, 0) is 9.53 Å². The van der Waals surface area contributed by atoms with Crippen molar-refractivity contribution in [3.8, 4) is 0 Å². The van der Waals surface area contributed by atoms with Crippen molar-refractivity contribution in [1.29, 1.82) is 0 Å². The van der Waals surface area contributed by atoms with Gasteiger partial charge in [-0.2, -0.15) is 0 Å². The van der Waals surface area contributed by atoms with Crippen molar-refractivity contribution in [2.75, 3.05) is 13.7 Å². The SMILES string of the molecule is COC(=O)CC1CCCCN1C(=O)c1ncccc1C. The lowest BCUT2D eigenvalue weighted by atomic mass is 9.98. The molecule has 1 amide bonds. The second-order valence-corrected chi connectivity index (χ2v) is 5.10. The molecule has 1 aliphatic rings. The molecule has 0 aromatic carbocycles. The summed E-state index contributed by atoms with van der Waals surface area (Å²) in [6.45, 7) is 2.55. The number of rotatable bonds is 3. The fraction of sp³-hybridized carbons (Fsp3) is 0.533. The van der Waals surface area contributed by atoms with Gasteiger partial charge in [-0.25, -0.2) is 0 Å². The number of aryl methyl sites for hydroxylation is 1. The van der Waals surface area contributed by atoms with Crippen molar-refractivity contribution < 1.29 is 14.3 Å². The molecule has 0 saturated carbocycles. The summed E-state index contributed by atoms with van der Waals surface area (Å²) in [6.07, 6.45) is 4.72. The third-order valence-electron chi connectivity index (χ3n) is 3.73. The van der Waals surface area contributed by atoms with Gasteiger partial charge in [-0.1, -0.05) is 6.07 Å². The van der Waals surface area contributed by atoms with Gasteiger partial charge in [-0.05, 0) is 37.8 Å². The van der Waals surface area contributed by atoms with E-state index in [4.69, 9.17) is 4.74 Å². The number of hydrogen-bond acceptors (Lipinski definition) is 4. The zero-order valence-corrected chi connectivity index (χ0v) is 12.0. The average molecular weight is 276 g/mol. The van der Waals surface area contributed by atoms with Crippen molar-refractivity contribution in [2.24, 2.45) is 0 Å². The van der Waals surface area contributed by atoms with Gasteiger partial charge in [0.05, 0.1) is 13.5 Å². The van der Waals surface area contributed by atoms with Crippen LogP contribution < -0.4 is 0 Å². The number of ether oxygens (including phenoxy) is 1. The van der Waals surface area contributed by atoms with Gasteiger partial charge in [0.2, 0.25) is 0 Å². The minimum atomic E-state index is -0.271. The largest absolute Gasteiger partial charge is 0.469 e. The van der Waals surface area contributed by atoms with Crippen LogP contribution in [0.2, 0.25) is 0 Å². The van der Waals surface area contributed by atoms with Crippen molar-refractivity contribution in [1.82, 2.24) is 9.88 Å². The quantitative estimate of drug-likeness (QED) is 0.792. The Hall–Kier alpha value is -1.91. The van der Waals surface area contributed by atoms with Gasteiger partial charge >= 0.3 is 5.97 Å². The molecule has 0 radical (unpaired) electrons. The highest BCUT2D eigenvalue weighted by molar-refractivity contribution is 5.94. The minimum Gasteiger partial charge on any atom is -0.469 e. The standard InChI is InChI=1S/C15H20N2O3/c1-11-6-5-8-16-14(11)15(19)17-9-4-3-7-12(17)10-13(18)20-2/h5-6,8,12H,3-4,7,9-10H2,1-2H3.